The number of rotatable bonds is 3. The molecule has 1 nitrogen and oxygen atoms in total. The first kappa shape index (κ1) is 10.1. The molecule has 1 atom stereocenters. The highest BCUT2D eigenvalue weighted by Crippen LogP contribution is 2.00. The molecular weight excluding hydrogens is 178 g/mol. The first-order valence-electron chi connectivity index (χ1n) is 4.06. The van der Waals surface area contributed by atoms with Crippen LogP contribution in [0.1, 0.15) is 5.56 Å². The van der Waals surface area contributed by atoms with E-state index in [0.29, 0.717) is 5.56 Å². The number of benzene rings is 1. The minimum atomic E-state index is -4.78. The Balaban J connectivity index is 2.61. The summed E-state index contributed by atoms with van der Waals surface area (Å²) in [7, 11) is -3.64. The van der Waals surface area contributed by atoms with Gasteiger partial charge in [0.2, 0.25) is 0 Å². The molecule has 0 bridgehead atoms. The summed E-state index contributed by atoms with van der Waals surface area (Å²) in [6, 6.07) is 8.67. The molecular formula is C8H11BF3N. The second kappa shape index (κ2) is 3.83. The summed E-state index contributed by atoms with van der Waals surface area (Å²) in [6.45, 7) is 0.00431. The minimum absolute atomic E-state index is 0.00431. The second-order valence-electron chi connectivity index (χ2n) is 3.08. The molecule has 0 fully saturated rings. The van der Waals surface area contributed by atoms with Crippen molar-refractivity contribution in [3.8, 4) is 0 Å². The SMILES string of the molecule is C[NH+](Cc1ccccc1)[B-](F)(F)F. The lowest BCUT2D eigenvalue weighted by Gasteiger charge is -2.23. The zero-order valence-electron chi connectivity index (χ0n) is 7.31. The maximum Gasteiger partial charge on any atom is 0.731 e. The Hall–Kier alpha value is -0.965. The Morgan fingerprint density at radius 2 is 1.69 bits per heavy atom. The zero-order valence-corrected chi connectivity index (χ0v) is 7.31. The third-order valence-electron chi connectivity index (χ3n) is 1.88. The van der Waals surface area contributed by atoms with Gasteiger partial charge in [-0.2, -0.15) is 0 Å². The highest BCUT2D eigenvalue weighted by atomic mass is 19.4. The van der Waals surface area contributed by atoms with E-state index in [1.54, 1.807) is 30.3 Å². The summed E-state index contributed by atoms with van der Waals surface area (Å²) in [6.07, 6.45) is 0. The fourth-order valence-electron chi connectivity index (χ4n) is 1.03. The topological polar surface area (TPSA) is 4.44 Å². The monoisotopic (exact) mass is 189 g/mol. The molecule has 0 aliphatic heterocycles. The fraction of sp³-hybridized carbons (Fsp3) is 0.250. The van der Waals surface area contributed by atoms with Crippen LogP contribution < -0.4 is 4.81 Å². The van der Waals surface area contributed by atoms with E-state index < -0.39 is 11.9 Å². The van der Waals surface area contributed by atoms with Crippen molar-refractivity contribution >= 4 is 7.11 Å². The van der Waals surface area contributed by atoms with Crippen LogP contribution in [0.4, 0.5) is 12.9 Å². The first-order valence-corrected chi connectivity index (χ1v) is 4.06. The molecule has 1 N–H and O–H groups in total. The molecule has 1 aromatic carbocycles. The maximum atomic E-state index is 12.2. The van der Waals surface area contributed by atoms with Crippen LogP contribution in [0, 0.1) is 0 Å². The Bertz CT molecular complexity index is 260. The van der Waals surface area contributed by atoms with Crippen LogP contribution in [-0.4, -0.2) is 14.2 Å². The van der Waals surface area contributed by atoms with Crippen molar-refractivity contribution in [3.05, 3.63) is 35.9 Å². The van der Waals surface area contributed by atoms with Gasteiger partial charge in [-0.1, -0.05) is 30.3 Å². The van der Waals surface area contributed by atoms with Crippen LogP contribution in [0.2, 0.25) is 0 Å². The van der Waals surface area contributed by atoms with Crippen LogP contribution in [0.25, 0.3) is 0 Å². The van der Waals surface area contributed by atoms with E-state index in [0.717, 1.165) is 7.05 Å². The van der Waals surface area contributed by atoms with Crippen LogP contribution in [-0.2, 0) is 6.54 Å². The summed E-state index contributed by atoms with van der Waals surface area (Å²) >= 11 is 0. The number of halogens is 3. The predicted molar refractivity (Wildman–Crippen MR) is 46.1 cm³/mol. The molecule has 0 heterocycles. The van der Waals surface area contributed by atoms with Gasteiger partial charge < -0.3 is 17.8 Å². The van der Waals surface area contributed by atoms with Gasteiger partial charge in [-0.15, -0.1) is 0 Å². The zero-order chi connectivity index (χ0) is 9.90. The smallest absolute Gasteiger partial charge is 0.432 e. The van der Waals surface area contributed by atoms with Crippen molar-refractivity contribution in [2.45, 2.75) is 6.54 Å². The first-order chi connectivity index (χ1) is 6.00. The van der Waals surface area contributed by atoms with Gasteiger partial charge in [-0.05, 0) is 0 Å². The minimum Gasteiger partial charge on any atom is -0.432 e. The number of quaternary nitrogens is 1. The molecule has 1 aromatic rings. The summed E-state index contributed by atoms with van der Waals surface area (Å²) < 4.78 is 36.5. The quantitative estimate of drug-likeness (QED) is 0.677. The second-order valence-corrected chi connectivity index (χ2v) is 3.08. The molecule has 0 spiro atoms. The van der Waals surface area contributed by atoms with Gasteiger partial charge >= 0.3 is 7.11 Å². The summed E-state index contributed by atoms with van der Waals surface area (Å²) in [4.78, 5) is -0.397. The third kappa shape index (κ3) is 3.10. The molecule has 0 aliphatic rings. The van der Waals surface area contributed by atoms with Crippen molar-refractivity contribution in [2.24, 2.45) is 0 Å². The van der Waals surface area contributed by atoms with Crippen molar-refractivity contribution < 1.29 is 17.8 Å². The molecule has 1 rings (SSSR count). The van der Waals surface area contributed by atoms with E-state index in [-0.39, 0.29) is 6.54 Å². The van der Waals surface area contributed by atoms with Crippen LogP contribution in [0.3, 0.4) is 0 Å². The van der Waals surface area contributed by atoms with Gasteiger partial charge in [-0.25, -0.2) is 0 Å². The molecule has 0 radical (unpaired) electrons. The Morgan fingerprint density at radius 3 is 2.15 bits per heavy atom. The highest BCUT2D eigenvalue weighted by Gasteiger charge is 2.38. The number of hydrogen-bond acceptors (Lipinski definition) is 0. The van der Waals surface area contributed by atoms with Gasteiger partial charge in [0.1, 0.15) is 0 Å². The standard InChI is InChI=1S/C8H11BF3N/c1-13(9(10,11)12)7-8-5-3-2-4-6-8/h2-6,13H,7H2,1H3. The third-order valence-corrected chi connectivity index (χ3v) is 1.88. The maximum absolute atomic E-state index is 12.2. The molecule has 72 valence electrons. The Morgan fingerprint density at radius 1 is 1.15 bits per heavy atom. The number of nitrogens with one attached hydrogen (secondary N) is 1. The molecule has 0 aliphatic carbocycles. The van der Waals surface area contributed by atoms with E-state index in [1.165, 1.54) is 0 Å². The molecule has 13 heavy (non-hydrogen) atoms. The van der Waals surface area contributed by atoms with Crippen LogP contribution in [0.15, 0.2) is 30.3 Å². The van der Waals surface area contributed by atoms with Crippen LogP contribution in [0.5, 0.6) is 0 Å². The lowest BCUT2D eigenvalue weighted by atomic mass is 10.1. The normalized spacial score (nSPS) is 14.2. The summed E-state index contributed by atoms with van der Waals surface area (Å²) in [5.74, 6) is 0. The molecule has 1 unspecified atom stereocenters. The average Bonchev–Trinajstić information content (AvgIpc) is 2.04. The van der Waals surface area contributed by atoms with Gasteiger partial charge in [0.15, 0.2) is 0 Å². The van der Waals surface area contributed by atoms with E-state index in [2.05, 4.69) is 0 Å². The van der Waals surface area contributed by atoms with E-state index in [4.69, 9.17) is 0 Å². The van der Waals surface area contributed by atoms with Gasteiger partial charge in [-0.3, -0.25) is 0 Å². The van der Waals surface area contributed by atoms with Crippen molar-refractivity contribution in [3.63, 3.8) is 0 Å². The Kier molecular flexibility index (Phi) is 2.98. The van der Waals surface area contributed by atoms with Gasteiger partial charge in [0.25, 0.3) is 0 Å². The lowest BCUT2D eigenvalue weighted by molar-refractivity contribution is -0.808. The van der Waals surface area contributed by atoms with Gasteiger partial charge in [0, 0.05) is 12.6 Å². The highest BCUT2D eigenvalue weighted by molar-refractivity contribution is 6.48. The van der Waals surface area contributed by atoms with Gasteiger partial charge in [0.05, 0.1) is 6.54 Å². The van der Waals surface area contributed by atoms with Crippen molar-refractivity contribution in [1.82, 2.24) is 0 Å². The predicted octanol–water partition coefficient (Wildman–Crippen LogP) is 1.05. The molecule has 0 amide bonds. The van der Waals surface area contributed by atoms with Crippen LogP contribution >= 0.6 is 0 Å². The van der Waals surface area contributed by atoms with E-state index in [9.17, 15) is 12.9 Å². The summed E-state index contributed by atoms with van der Waals surface area (Å²) in [5, 5.41) is 0. The number of hydrogen-bond donors (Lipinski definition) is 1. The Labute approximate surface area is 75.2 Å². The fourth-order valence-corrected chi connectivity index (χ4v) is 1.03. The largest absolute Gasteiger partial charge is 0.731 e. The lowest BCUT2D eigenvalue weighted by Crippen LogP contribution is -3.16. The molecule has 0 saturated carbocycles. The average molecular weight is 189 g/mol. The summed E-state index contributed by atoms with van der Waals surface area (Å²) in [5.41, 5.74) is 0.708. The molecule has 5 heteroatoms. The molecule has 0 saturated heterocycles. The molecule has 0 aromatic heterocycles. The van der Waals surface area contributed by atoms with Crippen molar-refractivity contribution in [2.75, 3.05) is 7.05 Å². The van der Waals surface area contributed by atoms with E-state index >= 15 is 0 Å². The van der Waals surface area contributed by atoms with E-state index in [1.807, 2.05) is 0 Å². The van der Waals surface area contributed by atoms with Crippen molar-refractivity contribution in [1.29, 1.82) is 0 Å².